The maximum absolute atomic E-state index is 12.9. The Morgan fingerprint density at radius 2 is 1.05 bits per heavy atom. The first kappa shape index (κ1) is 25.6. The van der Waals surface area contributed by atoms with Crippen LogP contribution >= 0.6 is 0 Å². The van der Waals surface area contributed by atoms with Gasteiger partial charge in [-0.3, -0.25) is 4.79 Å². The number of rotatable bonds is 8. The van der Waals surface area contributed by atoms with Crippen LogP contribution < -0.4 is 0 Å². The van der Waals surface area contributed by atoms with Gasteiger partial charge in [-0.15, -0.1) is 0 Å². The van der Waals surface area contributed by atoms with Crippen LogP contribution in [0.2, 0.25) is 0 Å². The van der Waals surface area contributed by atoms with Gasteiger partial charge in [0.2, 0.25) is 12.4 Å². The molecule has 37 heavy (non-hydrogen) atoms. The van der Waals surface area contributed by atoms with Crippen LogP contribution in [0, 0.1) is 0 Å². The molecule has 3 aromatic rings. The number of benzene rings is 3. The van der Waals surface area contributed by atoms with E-state index >= 15 is 0 Å². The van der Waals surface area contributed by atoms with Crippen LogP contribution in [0.15, 0.2) is 91.0 Å². The minimum atomic E-state index is -1.40. The smallest absolute Gasteiger partial charge is 0.338 e. The number of hydrogen-bond acceptors (Lipinski definition) is 9. The lowest BCUT2D eigenvalue weighted by Gasteiger charge is -2.24. The third-order valence-electron chi connectivity index (χ3n) is 5.44. The summed E-state index contributed by atoms with van der Waals surface area (Å²) in [6.07, 6.45) is -5.09. The average molecular weight is 504 g/mol. The van der Waals surface area contributed by atoms with Gasteiger partial charge in [-0.1, -0.05) is 54.6 Å². The van der Waals surface area contributed by atoms with Crippen LogP contribution in [0.1, 0.15) is 38.0 Å². The summed E-state index contributed by atoms with van der Waals surface area (Å²) in [6.45, 7) is 0.796. The third-order valence-corrected chi connectivity index (χ3v) is 5.44. The Balaban J connectivity index is 1.58. The van der Waals surface area contributed by atoms with Crippen molar-refractivity contribution in [1.29, 1.82) is 0 Å². The molecule has 1 fully saturated rings. The number of ether oxygens (including phenoxy) is 5. The van der Waals surface area contributed by atoms with Gasteiger partial charge in [0, 0.05) is 6.92 Å². The largest absolute Gasteiger partial charge is 0.459 e. The summed E-state index contributed by atoms with van der Waals surface area (Å²) in [6, 6.07) is 24.6. The van der Waals surface area contributed by atoms with Crippen molar-refractivity contribution in [2.24, 2.45) is 0 Å². The van der Waals surface area contributed by atoms with Crippen LogP contribution in [0.25, 0.3) is 0 Å². The molecule has 4 rings (SSSR count). The van der Waals surface area contributed by atoms with E-state index in [1.165, 1.54) is 0 Å². The minimum absolute atomic E-state index is 0.233. The van der Waals surface area contributed by atoms with Crippen molar-refractivity contribution in [1.82, 2.24) is 0 Å². The number of esters is 4. The van der Waals surface area contributed by atoms with E-state index in [1.54, 1.807) is 91.0 Å². The zero-order valence-electron chi connectivity index (χ0n) is 19.9. The van der Waals surface area contributed by atoms with Crippen LogP contribution in [0.3, 0.4) is 0 Å². The molecule has 9 heteroatoms. The molecule has 0 saturated carbocycles. The Bertz CT molecular complexity index is 1230. The Kier molecular flexibility index (Phi) is 8.27. The van der Waals surface area contributed by atoms with Gasteiger partial charge in [0.05, 0.1) is 16.7 Å². The molecule has 0 aromatic heterocycles. The lowest BCUT2D eigenvalue weighted by molar-refractivity contribution is -0.187. The highest BCUT2D eigenvalue weighted by Crippen LogP contribution is 2.30. The first-order valence-corrected chi connectivity index (χ1v) is 11.5. The molecular weight excluding hydrogens is 480 g/mol. The quantitative estimate of drug-likeness (QED) is 0.335. The Hall–Kier alpha value is -4.50. The fourth-order valence-electron chi connectivity index (χ4n) is 3.70. The van der Waals surface area contributed by atoms with Gasteiger partial charge in [0.1, 0.15) is 12.7 Å². The number of carbonyl (C=O) groups is 4. The maximum Gasteiger partial charge on any atom is 0.338 e. The van der Waals surface area contributed by atoms with Crippen molar-refractivity contribution in [2.75, 3.05) is 6.61 Å². The summed E-state index contributed by atoms with van der Waals surface area (Å²) in [7, 11) is 0. The fourth-order valence-corrected chi connectivity index (χ4v) is 3.70. The van der Waals surface area contributed by atoms with Gasteiger partial charge in [-0.05, 0) is 36.4 Å². The monoisotopic (exact) mass is 504 g/mol. The molecule has 0 spiro atoms. The molecule has 1 saturated heterocycles. The van der Waals surface area contributed by atoms with Crippen LogP contribution in [-0.2, 0) is 28.5 Å². The molecular formula is C28H24O9. The van der Waals surface area contributed by atoms with Crippen molar-refractivity contribution in [3.63, 3.8) is 0 Å². The third kappa shape index (κ3) is 6.59. The summed E-state index contributed by atoms with van der Waals surface area (Å²) in [4.78, 5) is 50.0. The topological polar surface area (TPSA) is 114 Å². The van der Waals surface area contributed by atoms with Gasteiger partial charge in [0.15, 0.2) is 6.10 Å². The van der Waals surface area contributed by atoms with Crippen LogP contribution in [0.5, 0.6) is 0 Å². The highest BCUT2D eigenvalue weighted by molar-refractivity contribution is 5.91. The highest BCUT2D eigenvalue weighted by atomic mass is 16.8. The van der Waals surface area contributed by atoms with Crippen molar-refractivity contribution in [3.05, 3.63) is 108 Å². The highest BCUT2D eigenvalue weighted by Gasteiger charge is 2.52. The lowest BCUT2D eigenvalue weighted by Crippen LogP contribution is -2.42. The average Bonchev–Trinajstić information content (AvgIpc) is 3.23. The van der Waals surface area contributed by atoms with Gasteiger partial charge in [0.25, 0.3) is 0 Å². The lowest BCUT2D eigenvalue weighted by atomic mass is 10.1. The molecule has 0 bridgehead atoms. The second kappa shape index (κ2) is 12.0. The number of hydrogen-bond donors (Lipinski definition) is 0. The standard InChI is InChI=1S/C28H24O9/c1-18(29)34-28-24(37-27(32)21-15-9-4-10-16-21)23(36-26(31)20-13-7-3-8-14-20)22(35-28)17-33-25(30)19-11-5-2-6-12-19/h2-16,22-24,28H,17H2,1H3/t22-,23?,24+,28+/m1/s1. The van der Waals surface area contributed by atoms with E-state index in [4.69, 9.17) is 23.7 Å². The fraction of sp³-hybridized carbons (Fsp3) is 0.214. The molecule has 3 aromatic carbocycles. The molecule has 0 N–H and O–H groups in total. The first-order valence-electron chi connectivity index (χ1n) is 11.5. The maximum atomic E-state index is 12.9. The van der Waals surface area contributed by atoms with Gasteiger partial charge in [-0.2, -0.15) is 0 Å². The Labute approximate surface area is 212 Å². The summed E-state index contributed by atoms with van der Waals surface area (Å²) >= 11 is 0. The summed E-state index contributed by atoms with van der Waals surface area (Å²) < 4.78 is 27.7. The minimum Gasteiger partial charge on any atom is -0.459 e. The van der Waals surface area contributed by atoms with E-state index < -0.39 is 48.5 Å². The van der Waals surface area contributed by atoms with Crippen molar-refractivity contribution in [3.8, 4) is 0 Å². The summed E-state index contributed by atoms with van der Waals surface area (Å²) in [5.74, 6) is -2.81. The Morgan fingerprint density at radius 1 is 0.622 bits per heavy atom. The van der Waals surface area contributed by atoms with Crippen molar-refractivity contribution < 1.29 is 42.9 Å². The second-order valence-corrected chi connectivity index (χ2v) is 8.09. The number of carbonyl (C=O) groups excluding carboxylic acids is 4. The van der Waals surface area contributed by atoms with E-state index in [0.29, 0.717) is 5.56 Å². The second-order valence-electron chi connectivity index (χ2n) is 8.09. The van der Waals surface area contributed by atoms with E-state index in [0.717, 1.165) is 6.92 Å². The molecule has 4 atom stereocenters. The van der Waals surface area contributed by atoms with Crippen molar-refractivity contribution >= 4 is 23.9 Å². The molecule has 0 aliphatic carbocycles. The van der Waals surface area contributed by atoms with E-state index in [-0.39, 0.29) is 17.7 Å². The molecule has 0 amide bonds. The van der Waals surface area contributed by atoms with Crippen molar-refractivity contribution in [2.45, 2.75) is 31.5 Å². The predicted octanol–water partition coefficient (Wildman–Crippen LogP) is 3.58. The van der Waals surface area contributed by atoms with Crippen LogP contribution in [-0.4, -0.2) is 55.1 Å². The predicted molar refractivity (Wildman–Crippen MR) is 128 cm³/mol. The SMILES string of the molecule is CC(=O)O[C@H]1O[C@H](COC(=O)c2ccccc2)C(OC(=O)c2ccccc2)[C@@H]1OC(=O)c1ccccc1. The summed E-state index contributed by atoms with van der Waals surface area (Å²) in [5, 5.41) is 0. The molecule has 1 unspecified atom stereocenters. The molecule has 1 aliphatic heterocycles. The molecule has 1 heterocycles. The molecule has 9 nitrogen and oxygen atoms in total. The summed E-state index contributed by atoms with van der Waals surface area (Å²) in [5.41, 5.74) is 0.782. The van der Waals surface area contributed by atoms with Gasteiger partial charge < -0.3 is 23.7 Å². The van der Waals surface area contributed by atoms with E-state index in [2.05, 4.69) is 0 Å². The Morgan fingerprint density at radius 3 is 1.51 bits per heavy atom. The zero-order valence-corrected chi connectivity index (χ0v) is 19.9. The molecule has 1 aliphatic rings. The molecule has 190 valence electrons. The normalized spacial score (nSPS) is 20.5. The van der Waals surface area contributed by atoms with Gasteiger partial charge in [-0.25, -0.2) is 14.4 Å². The molecule has 0 radical (unpaired) electrons. The first-order chi connectivity index (χ1) is 17.9. The van der Waals surface area contributed by atoms with Crippen LogP contribution in [0.4, 0.5) is 0 Å². The van der Waals surface area contributed by atoms with E-state index in [9.17, 15) is 19.2 Å². The van der Waals surface area contributed by atoms with Gasteiger partial charge >= 0.3 is 23.9 Å². The van der Waals surface area contributed by atoms with E-state index in [1.807, 2.05) is 0 Å². The zero-order chi connectivity index (χ0) is 26.2.